The van der Waals surface area contributed by atoms with Crippen molar-refractivity contribution < 1.29 is 0 Å². The molecule has 0 saturated carbocycles. The third-order valence-corrected chi connectivity index (χ3v) is 1.70. The number of aromatic amines is 2. The van der Waals surface area contributed by atoms with Gasteiger partial charge in [-0.15, -0.1) is 0 Å². The van der Waals surface area contributed by atoms with Crippen LogP contribution in [0, 0.1) is 6.92 Å². The van der Waals surface area contributed by atoms with E-state index < -0.39 is 0 Å². The second-order valence-electron chi connectivity index (χ2n) is 3.30. The number of hydrogen-bond donors (Lipinski definition) is 2. The molecular formula is C12H22N4. The van der Waals surface area contributed by atoms with Crippen LogP contribution in [0.4, 0.5) is 0 Å². The molecule has 0 fully saturated rings. The zero-order chi connectivity index (χ0) is 12.4. The molecule has 2 aromatic rings. The summed E-state index contributed by atoms with van der Waals surface area (Å²) in [7, 11) is 0. The summed E-state index contributed by atoms with van der Waals surface area (Å²) in [6.45, 7) is 10.1. The van der Waals surface area contributed by atoms with Crippen LogP contribution in [0.1, 0.15) is 45.3 Å². The van der Waals surface area contributed by atoms with Gasteiger partial charge in [-0.3, -0.25) is 0 Å². The van der Waals surface area contributed by atoms with Gasteiger partial charge in [0, 0.05) is 30.7 Å². The van der Waals surface area contributed by atoms with Gasteiger partial charge < -0.3 is 9.97 Å². The Bertz CT molecular complexity index is 322. The van der Waals surface area contributed by atoms with E-state index in [0.717, 1.165) is 11.6 Å². The van der Waals surface area contributed by atoms with Crippen LogP contribution in [0.2, 0.25) is 0 Å². The maximum Gasteiger partial charge on any atom is 0.108 e. The molecule has 0 atom stereocenters. The van der Waals surface area contributed by atoms with Crippen LogP contribution in [0.3, 0.4) is 0 Å². The van der Waals surface area contributed by atoms with Crippen LogP contribution >= 0.6 is 0 Å². The number of imidazole rings is 2. The molecule has 0 radical (unpaired) electrons. The largest absolute Gasteiger partial charge is 0.349 e. The summed E-state index contributed by atoms with van der Waals surface area (Å²) in [6.07, 6.45) is 7.15. The summed E-state index contributed by atoms with van der Waals surface area (Å²) in [4.78, 5) is 13.8. The molecule has 0 saturated heterocycles. The molecule has 0 unspecified atom stereocenters. The third kappa shape index (κ3) is 6.01. The average Bonchev–Trinajstić information content (AvgIpc) is 2.93. The molecule has 90 valence electrons. The first-order valence-corrected chi connectivity index (χ1v) is 5.65. The van der Waals surface area contributed by atoms with Gasteiger partial charge in [0.25, 0.3) is 0 Å². The smallest absolute Gasteiger partial charge is 0.108 e. The molecule has 4 heteroatoms. The molecule has 0 aromatic carbocycles. The molecule has 2 heterocycles. The predicted octanol–water partition coefficient (Wildman–Crippen LogP) is 3.28. The van der Waals surface area contributed by atoms with E-state index in [1.807, 2.05) is 27.0 Å². The lowest BCUT2D eigenvalue weighted by Crippen LogP contribution is -1.87. The lowest BCUT2D eigenvalue weighted by atomic mass is 10.2. The van der Waals surface area contributed by atoms with Crippen molar-refractivity contribution >= 4 is 0 Å². The summed E-state index contributed by atoms with van der Waals surface area (Å²) in [5.41, 5.74) is 0. The van der Waals surface area contributed by atoms with Gasteiger partial charge in [-0.05, 0) is 6.92 Å². The SMILES string of the molecule is CC.CC(C)c1ncc[nH]1.Cc1ncc[nH]1. The summed E-state index contributed by atoms with van der Waals surface area (Å²) < 4.78 is 0. The van der Waals surface area contributed by atoms with Crippen LogP contribution in [-0.2, 0) is 0 Å². The van der Waals surface area contributed by atoms with Gasteiger partial charge in [0.05, 0.1) is 0 Å². The molecule has 16 heavy (non-hydrogen) atoms. The normalized spacial score (nSPS) is 8.88. The van der Waals surface area contributed by atoms with Crippen molar-refractivity contribution in [2.75, 3.05) is 0 Å². The fourth-order valence-corrected chi connectivity index (χ4v) is 0.937. The first-order valence-electron chi connectivity index (χ1n) is 5.65. The molecule has 0 bridgehead atoms. The Morgan fingerprint density at radius 3 is 1.75 bits per heavy atom. The van der Waals surface area contributed by atoms with Gasteiger partial charge in [0.2, 0.25) is 0 Å². The molecule has 0 aliphatic heterocycles. The predicted molar refractivity (Wildman–Crippen MR) is 67.3 cm³/mol. The van der Waals surface area contributed by atoms with Crippen LogP contribution in [-0.4, -0.2) is 19.9 Å². The van der Waals surface area contributed by atoms with Crippen molar-refractivity contribution in [3.63, 3.8) is 0 Å². The lowest BCUT2D eigenvalue weighted by Gasteiger charge is -1.95. The molecule has 0 aliphatic carbocycles. The summed E-state index contributed by atoms with van der Waals surface area (Å²) >= 11 is 0. The molecule has 2 rings (SSSR count). The average molecular weight is 222 g/mol. The summed E-state index contributed by atoms with van der Waals surface area (Å²) in [5.74, 6) is 2.55. The Morgan fingerprint density at radius 2 is 1.56 bits per heavy atom. The van der Waals surface area contributed by atoms with Gasteiger partial charge in [0.15, 0.2) is 0 Å². The van der Waals surface area contributed by atoms with E-state index in [0.29, 0.717) is 5.92 Å². The number of rotatable bonds is 1. The Labute approximate surface area is 97.5 Å². The highest BCUT2D eigenvalue weighted by molar-refractivity contribution is 4.92. The van der Waals surface area contributed by atoms with E-state index in [1.165, 1.54) is 0 Å². The van der Waals surface area contributed by atoms with Crippen molar-refractivity contribution in [1.82, 2.24) is 19.9 Å². The molecule has 0 aliphatic rings. The highest BCUT2D eigenvalue weighted by Gasteiger charge is 1.96. The van der Waals surface area contributed by atoms with Crippen molar-refractivity contribution in [3.05, 3.63) is 36.4 Å². The van der Waals surface area contributed by atoms with E-state index in [-0.39, 0.29) is 0 Å². The van der Waals surface area contributed by atoms with Crippen molar-refractivity contribution in [2.24, 2.45) is 0 Å². The number of hydrogen-bond acceptors (Lipinski definition) is 2. The lowest BCUT2D eigenvalue weighted by molar-refractivity contribution is 0.794. The van der Waals surface area contributed by atoms with Crippen LogP contribution in [0.5, 0.6) is 0 Å². The van der Waals surface area contributed by atoms with E-state index >= 15 is 0 Å². The minimum Gasteiger partial charge on any atom is -0.349 e. The van der Waals surface area contributed by atoms with Crippen LogP contribution in [0.25, 0.3) is 0 Å². The summed E-state index contributed by atoms with van der Waals surface area (Å²) in [5, 5.41) is 0. The van der Waals surface area contributed by atoms with Crippen LogP contribution < -0.4 is 0 Å². The minimum atomic E-state index is 0.519. The third-order valence-electron chi connectivity index (χ3n) is 1.70. The zero-order valence-electron chi connectivity index (χ0n) is 10.8. The highest BCUT2D eigenvalue weighted by atomic mass is 14.9. The Hall–Kier alpha value is -1.58. The molecule has 4 nitrogen and oxygen atoms in total. The Morgan fingerprint density at radius 1 is 1.00 bits per heavy atom. The van der Waals surface area contributed by atoms with Crippen molar-refractivity contribution in [2.45, 2.75) is 40.5 Å². The number of aromatic nitrogens is 4. The minimum absolute atomic E-state index is 0.519. The number of H-pyrrole nitrogens is 2. The number of aryl methyl sites for hydroxylation is 1. The Kier molecular flexibility index (Phi) is 7.85. The van der Waals surface area contributed by atoms with Gasteiger partial charge in [-0.1, -0.05) is 27.7 Å². The van der Waals surface area contributed by atoms with E-state index in [1.54, 1.807) is 18.6 Å². The fraction of sp³-hybridized carbons (Fsp3) is 0.500. The second kappa shape index (κ2) is 8.71. The number of nitrogens with zero attached hydrogens (tertiary/aromatic N) is 2. The zero-order valence-corrected chi connectivity index (χ0v) is 10.8. The quantitative estimate of drug-likeness (QED) is 0.778. The monoisotopic (exact) mass is 222 g/mol. The summed E-state index contributed by atoms with van der Waals surface area (Å²) in [6, 6.07) is 0. The topological polar surface area (TPSA) is 57.4 Å². The first kappa shape index (κ1) is 14.4. The molecule has 2 aromatic heterocycles. The van der Waals surface area contributed by atoms with E-state index in [4.69, 9.17) is 0 Å². The highest BCUT2D eigenvalue weighted by Crippen LogP contribution is 2.05. The van der Waals surface area contributed by atoms with Crippen molar-refractivity contribution in [3.8, 4) is 0 Å². The fourth-order valence-electron chi connectivity index (χ4n) is 0.937. The number of nitrogens with one attached hydrogen (secondary N) is 2. The standard InChI is InChI=1S/C6H10N2.C4H6N2.C2H6/c1-5(2)6-7-3-4-8-6;1-4-5-2-3-6-4;1-2/h3-5H,1-2H3,(H,7,8);2-3H,1H3,(H,5,6);1-2H3. The van der Waals surface area contributed by atoms with Gasteiger partial charge >= 0.3 is 0 Å². The first-order chi connectivity index (χ1) is 7.70. The molecule has 2 N–H and O–H groups in total. The Balaban J connectivity index is 0.000000251. The maximum atomic E-state index is 4.06. The van der Waals surface area contributed by atoms with Gasteiger partial charge in [-0.2, -0.15) is 0 Å². The van der Waals surface area contributed by atoms with Gasteiger partial charge in [-0.25, -0.2) is 9.97 Å². The maximum absolute atomic E-state index is 4.06. The van der Waals surface area contributed by atoms with E-state index in [2.05, 4.69) is 33.8 Å². The molecule has 0 spiro atoms. The second-order valence-corrected chi connectivity index (χ2v) is 3.30. The van der Waals surface area contributed by atoms with Crippen molar-refractivity contribution in [1.29, 1.82) is 0 Å². The van der Waals surface area contributed by atoms with E-state index in [9.17, 15) is 0 Å². The van der Waals surface area contributed by atoms with Gasteiger partial charge in [0.1, 0.15) is 11.6 Å². The molecule has 0 amide bonds. The molecular weight excluding hydrogens is 200 g/mol. The van der Waals surface area contributed by atoms with Crippen LogP contribution in [0.15, 0.2) is 24.8 Å².